The van der Waals surface area contributed by atoms with E-state index < -0.39 is 23.4 Å². The predicted molar refractivity (Wildman–Crippen MR) is 103 cm³/mol. The van der Waals surface area contributed by atoms with E-state index in [0.29, 0.717) is 11.3 Å². The van der Waals surface area contributed by atoms with Crippen molar-refractivity contribution < 1.29 is 23.2 Å². The van der Waals surface area contributed by atoms with Crippen LogP contribution in [0.5, 0.6) is 0 Å². The van der Waals surface area contributed by atoms with Crippen molar-refractivity contribution in [2.24, 2.45) is 0 Å². The number of pyridine rings is 1. The molecule has 2 amide bonds. The Hall–Kier alpha value is -3.94. The van der Waals surface area contributed by atoms with Crippen LogP contribution in [0.15, 0.2) is 60.8 Å². The van der Waals surface area contributed by atoms with Crippen molar-refractivity contribution in [3.8, 4) is 0 Å². The molecule has 0 saturated heterocycles. The summed E-state index contributed by atoms with van der Waals surface area (Å²) in [5.41, 5.74) is 0.984. The van der Waals surface area contributed by atoms with Crippen LogP contribution < -0.4 is 10.6 Å². The van der Waals surface area contributed by atoms with Crippen molar-refractivity contribution in [3.63, 3.8) is 0 Å². The number of anilines is 2. The number of ketones is 1. The topological polar surface area (TPSA) is 88.2 Å². The van der Waals surface area contributed by atoms with E-state index >= 15 is 0 Å². The van der Waals surface area contributed by atoms with Gasteiger partial charge in [0.05, 0.1) is 0 Å². The molecule has 3 rings (SSSR count). The molecule has 3 aromatic rings. The molecule has 29 heavy (non-hydrogen) atoms. The third kappa shape index (κ3) is 4.86. The van der Waals surface area contributed by atoms with Crippen molar-refractivity contribution in [1.29, 1.82) is 0 Å². The molecule has 8 heteroatoms. The van der Waals surface area contributed by atoms with E-state index in [1.165, 1.54) is 37.4 Å². The number of benzene rings is 2. The highest BCUT2D eigenvalue weighted by Gasteiger charge is 2.14. The minimum absolute atomic E-state index is 0.0313. The fourth-order valence-electron chi connectivity index (χ4n) is 2.48. The molecule has 0 aliphatic heterocycles. The highest BCUT2D eigenvalue weighted by atomic mass is 19.2. The van der Waals surface area contributed by atoms with E-state index in [9.17, 15) is 23.2 Å². The first-order valence-corrected chi connectivity index (χ1v) is 8.48. The Morgan fingerprint density at radius 1 is 0.793 bits per heavy atom. The largest absolute Gasteiger partial charge is 0.322 e. The van der Waals surface area contributed by atoms with Crippen molar-refractivity contribution in [2.75, 3.05) is 10.6 Å². The molecule has 0 atom stereocenters. The highest BCUT2D eigenvalue weighted by molar-refractivity contribution is 6.08. The number of rotatable bonds is 5. The van der Waals surface area contributed by atoms with Crippen LogP contribution in [0.1, 0.15) is 38.1 Å². The fraction of sp³-hybridized carbons (Fsp3) is 0.0476. The van der Waals surface area contributed by atoms with Gasteiger partial charge in [-0.2, -0.15) is 0 Å². The Morgan fingerprint density at radius 3 is 2.24 bits per heavy atom. The van der Waals surface area contributed by atoms with Gasteiger partial charge in [0.1, 0.15) is 5.69 Å². The number of hydrogen-bond acceptors (Lipinski definition) is 4. The summed E-state index contributed by atoms with van der Waals surface area (Å²) in [7, 11) is 0. The highest BCUT2D eigenvalue weighted by Crippen LogP contribution is 2.16. The first-order valence-electron chi connectivity index (χ1n) is 8.48. The minimum Gasteiger partial charge on any atom is -0.322 e. The second-order valence-corrected chi connectivity index (χ2v) is 6.10. The zero-order valence-electron chi connectivity index (χ0n) is 15.2. The molecule has 1 aromatic heterocycles. The van der Waals surface area contributed by atoms with E-state index in [-0.39, 0.29) is 22.7 Å². The van der Waals surface area contributed by atoms with Crippen LogP contribution >= 0.6 is 0 Å². The zero-order chi connectivity index (χ0) is 21.0. The van der Waals surface area contributed by atoms with Gasteiger partial charge in [-0.15, -0.1) is 0 Å². The maximum Gasteiger partial charge on any atom is 0.274 e. The Kier molecular flexibility index (Phi) is 5.73. The van der Waals surface area contributed by atoms with Crippen LogP contribution in [0.2, 0.25) is 0 Å². The molecule has 2 N–H and O–H groups in total. The second kappa shape index (κ2) is 8.39. The van der Waals surface area contributed by atoms with Gasteiger partial charge in [0.2, 0.25) is 0 Å². The average Bonchev–Trinajstić information content (AvgIpc) is 2.71. The van der Waals surface area contributed by atoms with Crippen LogP contribution in [-0.4, -0.2) is 22.6 Å². The molecule has 6 nitrogen and oxygen atoms in total. The van der Waals surface area contributed by atoms with Gasteiger partial charge in [0, 0.05) is 34.8 Å². The predicted octanol–water partition coefficient (Wildman–Crippen LogP) is 4.07. The summed E-state index contributed by atoms with van der Waals surface area (Å²) in [6.45, 7) is 1.41. The molecular formula is C21H15F2N3O3. The monoisotopic (exact) mass is 395 g/mol. The van der Waals surface area contributed by atoms with Crippen LogP contribution in [0.25, 0.3) is 0 Å². The molecule has 0 aliphatic carbocycles. The maximum absolute atomic E-state index is 13.3. The van der Waals surface area contributed by atoms with E-state index in [1.807, 2.05) is 0 Å². The van der Waals surface area contributed by atoms with Crippen molar-refractivity contribution in [3.05, 3.63) is 89.2 Å². The number of amides is 2. The summed E-state index contributed by atoms with van der Waals surface area (Å²) in [6, 6.07) is 12.0. The molecule has 0 radical (unpaired) electrons. The third-order valence-electron chi connectivity index (χ3n) is 3.96. The summed E-state index contributed by atoms with van der Waals surface area (Å²) >= 11 is 0. The van der Waals surface area contributed by atoms with Crippen molar-refractivity contribution in [2.45, 2.75) is 6.92 Å². The van der Waals surface area contributed by atoms with Gasteiger partial charge in [0.15, 0.2) is 17.4 Å². The minimum atomic E-state index is -1.09. The number of nitrogens with one attached hydrogen (secondary N) is 2. The Morgan fingerprint density at radius 2 is 1.52 bits per heavy atom. The third-order valence-corrected chi connectivity index (χ3v) is 3.96. The molecule has 2 aromatic carbocycles. The van der Waals surface area contributed by atoms with Crippen molar-refractivity contribution >= 4 is 29.0 Å². The van der Waals surface area contributed by atoms with E-state index in [2.05, 4.69) is 15.6 Å². The lowest BCUT2D eigenvalue weighted by molar-refractivity contribution is 0.100. The van der Waals surface area contributed by atoms with Gasteiger partial charge in [0.25, 0.3) is 11.8 Å². The smallest absolute Gasteiger partial charge is 0.274 e. The van der Waals surface area contributed by atoms with Crippen LogP contribution in [0, 0.1) is 11.6 Å². The number of carbonyl (C=O) groups is 3. The standard InChI is InChI=1S/C21H15F2N3O3/c1-12(27)13-3-2-4-15(9-13)26-21(29)19-10-14(7-8-24-19)20(28)25-16-5-6-17(22)18(23)11-16/h2-11H,1H3,(H,25,28)(H,26,29). The van der Waals surface area contributed by atoms with Crippen LogP contribution in [-0.2, 0) is 0 Å². The average molecular weight is 395 g/mol. The number of Topliss-reactive ketones (excluding diaryl/α,β-unsaturated/α-hetero) is 1. The molecule has 0 fully saturated rings. The second-order valence-electron chi connectivity index (χ2n) is 6.10. The van der Waals surface area contributed by atoms with E-state index in [1.54, 1.807) is 18.2 Å². The molecule has 1 heterocycles. The van der Waals surface area contributed by atoms with E-state index in [4.69, 9.17) is 0 Å². The number of aromatic nitrogens is 1. The molecule has 0 unspecified atom stereocenters. The summed E-state index contributed by atoms with van der Waals surface area (Å²) in [5.74, 6) is -3.46. The summed E-state index contributed by atoms with van der Waals surface area (Å²) in [4.78, 5) is 40.2. The molecule has 0 bridgehead atoms. The molecular weight excluding hydrogens is 380 g/mol. The van der Waals surface area contributed by atoms with Gasteiger partial charge in [-0.3, -0.25) is 19.4 Å². The van der Waals surface area contributed by atoms with Gasteiger partial charge in [-0.1, -0.05) is 12.1 Å². The Labute approximate surface area is 164 Å². The van der Waals surface area contributed by atoms with Crippen LogP contribution in [0.4, 0.5) is 20.2 Å². The zero-order valence-corrected chi connectivity index (χ0v) is 15.2. The van der Waals surface area contributed by atoms with Gasteiger partial charge < -0.3 is 10.6 Å². The maximum atomic E-state index is 13.3. The first kappa shape index (κ1) is 19.8. The Bertz CT molecular complexity index is 1120. The van der Waals surface area contributed by atoms with Gasteiger partial charge in [-0.25, -0.2) is 8.78 Å². The quantitative estimate of drug-likeness (QED) is 0.638. The Balaban J connectivity index is 1.75. The van der Waals surface area contributed by atoms with Gasteiger partial charge >= 0.3 is 0 Å². The lowest BCUT2D eigenvalue weighted by Gasteiger charge is -2.08. The van der Waals surface area contributed by atoms with Crippen molar-refractivity contribution in [1.82, 2.24) is 4.98 Å². The summed E-state index contributed by atoms with van der Waals surface area (Å²) in [5, 5.41) is 5.03. The first-order chi connectivity index (χ1) is 13.8. The molecule has 0 saturated carbocycles. The number of hydrogen-bond donors (Lipinski definition) is 2. The van der Waals surface area contributed by atoms with Crippen LogP contribution in [0.3, 0.4) is 0 Å². The summed E-state index contributed by atoms with van der Waals surface area (Å²) in [6.07, 6.45) is 1.28. The summed E-state index contributed by atoms with van der Waals surface area (Å²) < 4.78 is 26.3. The lowest BCUT2D eigenvalue weighted by Crippen LogP contribution is -2.17. The fourth-order valence-corrected chi connectivity index (χ4v) is 2.48. The normalized spacial score (nSPS) is 10.3. The molecule has 0 spiro atoms. The lowest BCUT2D eigenvalue weighted by atomic mass is 10.1. The SMILES string of the molecule is CC(=O)c1cccc(NC(=O)c2cc(C(=O)Nc3ccc(F)c(F)c3)ccn2)c1. The van der Waals surface area contributed by atoms with E-state index in [0.717, 1.165) is 12.1 Å². The molecule has 0 aliphatic rings. The number of carbonyl (C=O) groups excluding carboxylic acids is 3. The number of halogens is 2. The molecule has 146 valence electrons. The number of nitrogens with zero attached hydrogens (tertiary/aromatic N) is 1. The van der Waals surface area contributed by atoms with Gasteiger partial charge in [-0.05, 0) is 43.3 Å².